The Hall–Kier alpha value is -1.59. The fraction of sp³-hybridized carbons (Fsp3) is 0.682. The first kappa shape index (κ1) is 21.7. The second kappa shape index (κ2) is 12.0. The summed E-state index contributed by atoms with van der Waals surface area (Å²) in [7, 11) is 1.85. The van der Waals surface area contributed by atoms with Crippen molar-refractivity contribution in [2.75, 3.05) is 33.3 Å². The van der Waals surface area contributed by atoms with Gasteiger partial charge in [-0.15, -0.1) is 0 Å². The first-order valence-corrected chi connectivity index (χ1v) is 10.5. The SMILES string of the molecule is CCOC(CCNC(=NC)NC1CCN(Cc2ccccc2)CC1)C(C)C. The number of nitrogens with one attached hydrogen (secondary N) is 2. The predicted octanol–water partition coefficient (Wildman–Crippen LogP) is 3.27. The number of hydrogen-bond acceptors (Lipinski definition) is 3. The van der Waals surface area contributed by atoms with E-state index in [1.165, 1.54) is 5.56 Å². The van der Waals surface area contributed by atoms with Crippen molar-refractivity contribution in [2.45, 2.75) is 58.7 Å². The number of rotatable bonds is 9. The van der Waals surface area contributed by atoms with Crippen LogP contribution in [-0.2, 0) is 11.3 Å². The number of aliphatic imine (C=N–C) groups is 1. The van der Waals surface area contributed by atoms with Crippen molar-refractivity contribution in [1.82, 2.24) is 15.5 Å². The zero-order valence-corrected chi connectivity index (χ0v) is 17.6. The Labute approximate surface area is 165 Å². The predicted molar refractivity (Wildman–Crippen MR) is 114 cm³/mol. The highest BCUT2D eigenvalue weighted by atomic mass is 16.5. The maximum atomic E-state index is 5.82. The minimum absolute atomic E-state index is 0.307. The Morgan fingerprint density at radius 3 is 2.52 bits per heavy atom. The maximum absolute atomic E-state index is 5.82. The highest BCUT2D eigenvalue weighted by molar-refractivity contribution is 5.79. The van der Waals surface area contributed by atoms with Crippen molar-refractivity contribution in [1.29, 1.82) is 0 Å². The van der Waals surface area contributed by atoms with E-state index in [0.717, 1.165) is 58.0 Å². The fourth-order valence-electron chi connectivity index (χ4n) is 3.62. The second-order valence-electron chi connectivity index (χ2n) is 7.71. The average Bonchev–Trinajstić information content (AvgIpc) is 2.68. The van der Waals surface area contributed by atoms with Crippen molar-refractivity contribution in [3.63, 3.8) is 0 Å². The molecule has 1 unspecified atom stereocenters. The lowest BCUT2D eigenvalue weighted by molar-refractivity contribution is 0.0258. The van der Waals surface area contributed by atoms with Crippen LogP contribution >= 0.6 is 0 Å². The van der Waals surface area contributed by atoms with E-state index in [9.17, 15) is 0 Å². The summed E-state index contributed by atoms with van der Waals surface area (Å²) in [5.74, 6) is 1.45. The standard InChI is InChI=1S/C22H38N4O/c1-5-27-21(18(2)3)11-14-24-22(23-4)25-20-12-15-26(16-13-20)17-19-9-7-6-8-10-19/h6-10,18,20-21H,5,11-17H2,1-4H3,(H2,23,24,25). The molecule has 1 heterocycles. The number of benzene rings is 1. The number of hydrogen-bond donors (Lipinski definition) is 2. The largest absolute Gasteiger partial charge is 0.378 e. The van der Waals surface area contributed by atoms with Gasteiger partial charge in [-0.1, -0.05) is 44.2 Å². The molecular weight excluding hydrogens is 336 g/mol. The van der Waals surface area contributed by atoms with Crippen molar-refractivity contribution in [3.05, 3.63) is 35.9 Å². The highest BCUT2D eigenvalue weighted by Crippen LogP contribution is 2.14. The van der Waals surface area contributed by atoms with Crippen LogP contribution in [0.5, 0.6) is 0 Å². The quantitative estimate of drug-likeness (QED) is 0.514. The van der Waals surface area contributed by atoms with E-state index < -0.39 is 0 Å². The van der Waals surface area contributed by atoms with E-state index in [4.69, 9.17) is 4.74 Å². The summed E-state index contributed by atoms with van der Waals surface area (Å²) in [4.78, 5) is 6.94. The van der Waals surface area contributed by atoms with Crippen LogP contribution in [0.4, 0.5) is 0 Å². The van der Waals surface area contributed by atoms with Gasteiger partial charge in [-0.05, 0) is 37.7 Å². The van der Waals surface area contributed by atoms with E-state index in [1.54, 1.807) is 0 Å². The van der Waals surface area contributed by atoms with Crippen LogP contribution in [0, 0.1) is 5.92 Å². The third-order valence-electron chi connectivity index (χ3n) is 5.25. The molecule has 152 valence electrons. The lowest BCUT2D eigenvalue weighted by Gasteiger charge is -2.33. The van der Waals surface area contributed by atoms with Gasteiger partial charge in [0, 0.05) is 45.9 Å². The van der Waals surface area contributed by atoms with Gasteiger partial charge in [-0.25, -0.2) is 0 Å². The van der Waals surface area contributed by atoms with E-state index in [2.05, 4.69) is 71.6 Å². The molecule has 0 radical (unpaired) electrons. The van der Waals surface area contributed by atoms with Crippen molar-refractivity contribution in [3.8, 4) is 0 Å². The summed E-state index contributed by atoms with van der Waals surface area (Å²) < 4.78 is 5.82. The third-order valence-corrected chi connectivity index (χ3v) is 5.25. The van der Waals surface area contributed by atoms with Crippen LogP contribution in [0.15, 0.2) is 35.3 Å². The molecule has 27 heavy (non-hydrogen) atoms. The average molecular weight is 375 g/mol. The normalized spacial score (nSPS) is 17.9. The van der Waals surface area contributed by atoms with Gasteiger partial charge in [0.05, 0.1) is 6.10 Å². The fourth-order valence-corrected chi connectivity index (χ4v) is 3.62. The molecule has 1 atom stereocenters. The second-order valence-corrected chi connectivity index (χ2v) is 7.71. The topological polar surface area (TPSA) is 48.9 Å². The Morgan fingerprint density at radius 2 is 1.93 bits per heavy atom. The van der Waals surface area contributed by atoms with E-state index in [1.807, 2.05) is 7.05 Å². The van der Waals surface area contributed by atoms with Crippen molar-refractivity contribution in [2.24, 2.45) is 10.9 Å². The van der Waals surface area contributed by atoms with Crippen LogP contribution < -0.4 is 10.6 Å². The number of likely N-dealkylation sites (tertiary alicyclic amines) is 1. The maximum Gasteiger partial charge on any atom is 0.191 e. The van der Waals surface area contributed by atoms with Gasteiger partial charge in [0.15, 0.2) is 5.96 Å². The van der Waals surface area contributed by atoms with Crippen molar-refractivity contribution < 1.29 is 4.74 Å². The van der Waals surface area contributed by atoms with Crippen LogP contribution in [0.3, 0.4) is 0 Å². The van der Waals surface area contributed by atoms with Gasteiger partial charge in [0.1, 0.15) is 0 Å². The smallest absolute Gasteiger partial charge is 0.191 e. The minimum atomic E-state index is 0.307. The summed E-state index contributed by atoms with van der Waals surface area (Å²) in [6.07, 6.45) is 3.62. The van der Waals surface area contributed by atoms with Crippen LogP contribution in [-0.4, -0.2) is 56.3 Å². The molecule has 1 aliphatic heterocycles. The third kappa shape index (κ3) is 7.89. The van der Waals surface area contributed by atoms with Gasteiger partial charge in [-0.3, -0.25) is 9.89 Å². The Bertz CT molecular complexity index is 539. The molecule has 1 fully saturated rings. The van der Waals surface area contributed by atoms with Gasteiger partial charge in [0.25, 0.3) is 0 Å². The summed E-state index contributed by atoms with van der Waals surface area (Å²) in [6.45, 7) is 11.5. The summed E-state index contributed by atoms with van der Waals surface area (Å²) in [5.41, 5.74) is 1.40. The van der Waals surface area contributed by atoms with E-state index in [-0.39, 0.29) is 0 Å². The monoisotopic (exact) mass is 374 g/mol. The van der Waals surface area contributed by atoms with Crippen LogP contribution in [0.1, 0.15) is 45.6 Å². The first-order chi connectivity index (χ1) is 13.1. The molecule has 1 saturated heterocycles. The molecule has 1 aliphatic rings. The molecule has 0 saturated carbocycles. The number of guanidine groups is 1. The molecule has 5 nitrogen and oxygen atoms in total. The van der Waals surface area contributed by atoms with Gasteiger partial charge in [0.2, 0.25) is 0 Å². The minimum Gasteiger partial charge on any atom is -0.378 e. The highest BCUT2D eigenvalue weighted by Gasteiger charge is 2.20. The Balaban J connectivity index is 1.68. The summed E-state index contributed by atoms with van der Waals surface area (Å²) >= 11 is 0. The van der Waals surface area contributed by atoms with E-state index in [0.29, 0.717) is 18.1 Å². The molecule has 2 rings (SSSR count). The van der Waals surface area contributed by atoms with Gasteiger partial charge >= 0.3 is 0 Å². The molecule has 0 aliphatic carbocycles. The number of ether oxygens (including phenoxy) is 1. The number of nitrogens with zero attached hydrogens (tertiary/aromatic N) is 2. The molecule has 0 bridgehead atoms. The molecule has 5 heteroatoms. The van der Waals surface area contributed by atoms with Gasteiger partial charge in [-0.2, -0.15) is 0 Å². The zero-order chi connectivity index (χ0) is 19.5. The Morgan fingerprint density at radius 1 is 1.22 bits per heavy atom. The molecule has 1 aromatic rings. The van der Waals surface area contributed by atoms with Crippen LogP contribution in [0.25, 0.3) is 0 Å². The lowest BCUT2D eigenvalue weighted by atomic mass is 10.0. The molecule has 0 amide bonds. The first-order valence-electron chi connectivity index (χ1n) is 10.5. The lowest BCUT2D eigenvalue weighted by Crippen LogP contribution is -2.49. The zero-order valence-electron chi connectivity index (χ0n) is 17.6. The molecule has 0 spiro atoms. The summed E-state index contributed by atoms with van der Waals surface area (Å²) in [6, 6.07) is 11.2. The molecule has 2 N–H and O–H groups in total. The Kier molecular flexibility index (Phi) is 9.64. The molecular formula is C22H38N4O. The van der Waals surface area contributed by atoms with Crippen LogP contribution in [0.2, 0.25) is 0 Å². The molecule has 1 aromatic carbocycles. The summed E-state index contributed by atoms with van der Waals surface area (Å²) in [5, 5.41) is 7.05. The number of piperidine rings is 1. The molecule has 0 aromatic heterocycles. The van der Waals surface area contributed by atoms with E-state index >= 15 is 0 Å². The van der Waals surface area contributed by atoms with Crippen molar-refractivity contribution >= 4 is 5.96 Å². The van der Waals surface area contributed by atoms with Gasteiger partial charge < -0.3 is 15.4 Å².